The van der Waals surface area contributed by atoms with Gasteiger partial charge in [0, 0.05) is 12.1 Å². The van der Waals surface area contributed by atoms with Gasteiger partial charge in [-0.2, -0.15) is 0 Å². The van der Waals surface area contributed by atoms with Crippen molar-refractivity contribution in [2.24, 2.45) is 0 Å². The molecule has 0 aliphatic rings. The molecule has 27 heavy (non-hydrogen) atoms. The van der Waals surface area contributed by atoms with Crippen molar-refractivity contribution in [3.63, 3.8) is 0 Å². The van der Waals surface area contributed by atoms with E-state index in [1.807, 2.05) is 43.3 Å². The van der Waals surface area contributed by atoms with Crippen molar-refractivity contribution in [2.45, 2.75) is 46.0 Å². The molecule has 1 atom stereocenters. The molecule has 6 heteroatoms. The maximum atomic E-state index is 12.0. The lowest BCUT2D eigenvalue weighted by Gasteiger charge is -2.18. The highest BCUT2D eigenvalue weighted by Gasteiger charge is 2.21. The number of aliphatic carboxylic acids is 1. The SMILES string of the molecule is Cc1ccc(NC(=O)OCc2ccccc2CC(OC(C)C)C(=O)O)cc1. The summed E-state index contributed by atoms with van der Waals surface area (Å²) in [4.78, 5) is 23.4. The van der Waals surface area contributed by atoms with Crippen LogP contribution in [0.3, 0.4) is 0 Å². The number of rotatable bonds is 8. The van der Waals surface area contributed by atoms with Crippen molar-refractivity contribution < 1.29 is 24.2 Å². The van der Waals surface area contributed by atoms with E-state index in [4.69, 9.17) is 9.47 Å². The Morgan fingerprint density at radius 2 is 1.67 bits per heavy atom. The van der Waals surface area contributed by atoms with Gasteiger partial charge in [-0.1, -0.05) is 42.0 Å². The number of carbonyl (C=O) groups is 2. The fourth-order valence-corrected chi connectivity index (χ4v) is 2.55. The van der Waals surface area contributed by atoms with Crippen LogP contribution in [0.2, 0.25) is 0 Å². The third-order valence-corrected chi connectivity index (χ3v) is 3.89. The predicted molar refractivity (Wildman–Crippen MR) is 103 cm³/mol. The van der Waals surface area contributed by atoms with Crippen LogP contribution >= 0.6 is 0 Å². The number of benzene rings is 2. The normalized spacial score (nSPS) is 11.9. The molecule has 144 valence electrons. The Kier molecular flexibility index (Phi) is 7.37. The molecule has 0 spiro atoms. The number of hydrogen-bond acceptors (Lipinski definition) is 4. The summed E-state index contributed by atoms with van der Waals surface area (Å²) in [5, 5.41) is 12.0. The second kappa shape index (κ2) is 9.73. The molecule has 2 aromatic carbocycles. The van der Waals surface area contributed by atoms with Gasteiger partial charge in [0.2, 0.25) is 0 Å². The number of carbonyl (C=O) groups excluding carboxylic acids is 1. The van der Waals surface area contributed by atoms with E-state index in [-0.39, 0.29) is 19.1 Å². The Balaban J connectivity index is 1.99. The minimum atomic E-state index is -1.02. The molecule has 2 aromatic rings. The van der Waals surface area contributed by atoms with Crippen molar-refractivity contribution in [2.75, 3.05) is 5.32 Å². The summed E-state index contributed by atoms with van der Waals surface area (Å²) in [6, 6.07) is 14.6. The molecule has 1 unspecified atom stereocenters. The quantitative estimate of drug-likeness (QED) is 0.728. The van der Waals surface area contributed by atoms with E-state index in [0.717, 1.165) is 16.7 Å². The van der Waals surface area contributed by atoms with Crippen LogP contribution in [-0.2, 0) is 27.3 Å². The zero-order valence-corrected chi connectivity index (χ0v) is 15.8. The third kappa shape index (κ3) is 6.75. The Hall–Kier alpha value is -2.86. The monoisotopic (exact) mass is 371 g/mol. The van der Waals surface area contributed by atoms with E-state index >= 15 is 0 Å². The molecule has 0 aliphatic heterocycles. The standard InChI is InChI=1S/C21H25NO5/c1-14(2)27-19(20(23)24)12-16-6-4-5-7-17(16)13-26-21(25)22-18-10-8-15(3)9-11-18/h4-11,14,19H,12-13H2,1-3H3,(H,22,25)(H,23,24). The van der Waals surface area contributed by atoms with Gasteiger partial charge in [0.1, 0.15) is 6.61 Å². The van der Waals surface area contributed by atoms with Gasteiger partial charge < -0.3 is 14.6 Å². The van der Waals surface area contributed by atoms with Crippen molar-refractivity contribution >= 4 is 17.7 Å². The predicted octanol–water partition coefficient (Wildman–Crippen LogP) is 4.16. The first-order valence-electron chi connectivity index (χ1n) is 8.80. The van der Waals surface area contributed by atoms with E-state index in [1.54, 1.807) is 26.0 Å². The van der Waals surface area contributed by atoms with Gasteiger partial charge in [-0.05, 0) is 44.0 Å². The van der Waals surface area contributed by atoms with E-state index in [9.17, 15) is 14.7 Å². The molecule has 0 saturated heterocycles. The summed E-state index contributed by atoms with van der Waals surface area (Å²) in [5.41, 5.74) is 3.26. The molecule has 6 nitrogen and oxygen atoms in total. The first-order valence-corrected chi connectivity index (χ1v) is 8.80. The molecule has 0 saturated carbocycles. The molecule has 0 fully saturated rings. The van der Waals surface area contributed by atoms with Crippen molar-refractivity contribution in [1.29, 1.82) is 0 Å². The van der Waals surface area contributed by atoms with E-state index in [0.29, 0.717) is 5.69 Å². The topological polar surface area (TPSA) is 84.9 Å². The van der Waals surface area contributed by atoms with E-state index in [1.165, 1.54) is 0 Å². The number of carboxylic acids is 1. The van der Waals surface area contributed by atoms with Crippen molar-refractivity contribution in [3.05, 3.63) is 65.2 Å². The van der Waals surface area contributed by atoms with Crippen LogP contribution in [-0.4, -0.2) is 29.4 Å². The van der Waals surface area contributed by atoms with Crippen LogP contribution in [0.15, 0.2) is 48.5 Å². The van der Waals surface area contributed by atoms with Gasteiger partial charge in [0.15, 0.2) is 6.10 Å². The zero-order valence-electron chi connectivity index (χ0n) is 15.8. The lowest BCUT2D eigenvalue weighted by atomic mass is 10.0. The fraction of sp³-hybridized carbons (Fsp3) is 0.333. The minimum absolute atomic E-state index is 0.0435. The number of hydrogen-bond donors (Lipinski definition) is 2. The Labute approximate surface area is 159 Å². The summed E-state index contributed by atoms with van der Waals surface area (Å²) in [7, 11) is 0. The maximum absolute atomic E-state index is 12.0. The fourth-order valence-electron chi connectivity index (χ4n) is 2.55. The molecular formula is C21H25NO5. The molecule has 1 amide bonds. The summed E-state index contributed by atoms with van der Waals surface area (Å²) < 4.78 is 10.8. The lowest BCUT2D eigenvalue weighted by molar-refractivity contribution is -0.153. The largest absolute Gasteiger partial charge is 0.479 e. The summed E-state index contributed by atoms with van der Waals surface area (Å²) in [5.74, 6) is -1.02. The Morgan fingerprint density at radius 1 is 1.04 bits per heavy atom. The van der Waals surface area contributed by atoms with Crippen LogP contribution in [0.5, 0.6) is 0 Å². The molecule has 2 N–H and O–H groups in total. The first kappa shape index (κ1) is 20.5. The van der Waals surface area contributed by atoms with Gasteiger partial charge in [-0.15, -0.1) is 0 Å². The number of carboxylic acid groups (broad SMARTS) is 1. The minimum Gasteiger partial charge on any atom is -0.479 e. The third-order valence-electron chi connectivity index (χ3n) is 3.89. The van der Waals surface area contributed by atoms with Crippen LogP contribution in [0, 0.1) is 6.92 Å². The zero-order chi connectivity index (χ0) is 19.8. The highest BCUT2D eigenvalue weighted by Crippen LogP contribution is 2.16. The average Bonchev–Trinajstić information content (AvgIpc) is 2.62. The molecule has 0 heterocycles. The highest BCUT2D eigenvalue weighted by molar-refractivity contribution is 5.84. The van der Waals surface area contributed by atoms with Crippen molar-refractivity contribution in [1.82, 2.24) is 0 Å². The number of ether oxygens (including phenoxy) is 2. The lowest BCUT2D eigenvalue weighted by Crippen LogP contribution is -2.29. The molecular weight excluding hydrogens is 346 g/mol. The summed E-state index contributed by atoms with van der Waals surface area (Å²) >= 11 is 0. The molecule has 0 radical (unpaired) electrons. The molecule has 2 rings (SSSR count). The number of amides is 1. The smallest absolute Gasteiger partial charge is 0.411 e. The van der Waals surface area contributed by atoms with Gasteiger partial charge >= 0.3 is 12.1 Å². The molecule has 0 aliphatic carbocycles. The van der Waals surface area contributed by atoms with Gasteiger partial charge in [-0.25, -0.2) is 9.59 Å². The van der Waals surface area contributed by atoms with Gasteiger partial charge in [0.25, 0.3) is 0 Å². The second-order valence-corrected chi connectivity index (χ2v) is 6.55. The number of anilines is 1. The maximum Gasteiger partial charge on any atom is 0.411 e. The van der Waals surface area contributed by atoms with Gasteiger partial charge in [0.05, 0.1) is 6.10 Å². The van der Waals surface area contributed by atoms with Gasteiger partial charge in [-0.3, -0.25) is 5.32 Å². The average molecular weight is 371 g/mol. The van der Waals surface area contributed by atoms with Crippen LogP contribution in [0.1, 0.15) is 30.5 Å². The van der Waals surface area contributed by atoms with E-state index in [2.05, 4.69) is 5.32 Å². The first-order chi connectivity index (χ1) is 12.8. The highest BCUT2D eigenvalue weighted by atomic mass is 16.5. The summed E-state index contributed by atoms with van der Waals surface area (Å²) in [6.45, 7) is 5.59. The Morgan fingerprint density at radius 3 is 2.26 bits per heavy atom. The summed E-state index contributed by atoms with van der Waals surface area (Å²) in [6.07, 6.45) is -1.52. The van der Waals surface area contributed by atoms with Crippen LogP contribution < -0.4 is 5.32 Å². The second-order valence-electron chi connectivity index (χ2n) is 6.55. The molecule has 0 aromatic heterocycles. The van der Waals surface area contributed by atoms with Crippen LogP contribution in [0.25, 0.3) is 0 Å². The van der Waals surface area contributed by atoms with Crippen molar-refractivity contribution in [3.8, 4) is 0 Å². The number of aryl methyl sites for hydroxylation is 1. The van der Waals surface area contributed by atoms with E-state index < -0.39 is 18.2 Å². The number of nitrogens with one attached hydrogen (secondary N) is 1. The Bertz CT molecular complexity index is 770. The van der Waals surface area contributed by atoms with Crippen LogP contribution in [0.4, 0.5) is 10.5 Å². The molecule has 0 bridgehead atoms.